The summed E-state index contributed by atoms with van der Waals surface area (Å²) < 4.78 is 0. The van der Waals surface area contributed by atoms with Crippen molar-refractivity contribution in [2.75, 3.05) is 0 Å². The number of nitrogens with zero attached hydrogens (tertiary/aromatic N) is 1. The summed E-state index contributed by atoms with van der Waals surface area (Å²) in [5.41, 5.74) is 5.78. The Morgan fingerprint density at radius 1 is 1.20 bits per heavy atom. The predicted octanol–water partition coefficient (Wildman–Crippen LogP) is 4.43. The van der Waals surface area contributed by atoms with Crippen LogP contribution in [0, 0.1) is 5.92 Å². The molecule has 1 rings (SSSR count). The first-order valence-corrected chi connectivity index (χ1v) is 7.88. The first kappa shape index (κ1) is 16.9. The second-order valence-corrected chi connectivity index (χ2v) is 5.82. The van der Waals surface area contributed by atoms with Gasteiger partial charge in [-0.15, -0.1) is 0 Å². The van der Waals surface area contributed by atoms with Gasteiger partial charge in [0.25, 0.3) is 0 Å². The molecule has 0 spiro atoms. The van der Waals surface area contributed by atoms with Gasteiger partial charge in [-0.25, -0.2) is 0 Å². The van der Waals surface area contributed by atoms with Crippen LogP contribution >= 0.6 is 0 Å². The molecule has 0 aromatic carbocycles. The maximum Gasteiger partial charge on any atom is 0.0816 e. The van der Waals surface area contributed by atoms with E-state index >= 15 is 0 Å². The fraction of sp³-hybridized carbons (Fsp3) is 0.611. The van der Waals surface area contributed by atoms with E-state index in [2.05, 4.69) is 57.2 Å². The Morgan fingerprint density at radius 3 is 2.45 bits per heavy atom. The average molecular weight is 274 g/mol. The molecule has 0 heterocycles. The van der Waals surface area contributed by atoms with E-state index in [1.54, 1.807) is 0 Å². The summed E-state index contributed by atoms with van der Waals surface area (Å²) in [7, 11) is 0. The average Bonchev–Trinajstić information content (AvgIpc) is 2.45. The Labute approximate surface area is 124 Å². The lowest BCUT2D eigenvalue weighted by Crippen LogP contribution is -2.30. The van der Waals surface area contributed by atoms with Crippen molar-refractivity contribution in [2.45, 2.75) is 64.5 Å². The number of hydrogen-bond acceptors (Lipinski definition) is 2. The van der Waals surface area contributed by atoms with Gasteiger partial charge in [0.05, 0.1) is 5.54 Å². The predicted molar refractivity (Wildman–Crippen MR) is 90.2 cm³/mol. The zero-order valence-electron chi connectivity index (χ0n) is 13.3. The fourth-order valence-electron chi connectivity index (χ4n) is 2.11. The zero-order valence-corrected chi connectivity index (χ0v) is 13.3. The zero-order chi connectivity index (χ0) is 14.8. The lowest BCUT2D eigenvalue weighted by atomic mass is 9.86. The van der Waals surface area contributed by atoms with E-state index in [1.807, 2.05) is 6.21 Å². The highest BCUT2D eigenvalue weighted by Crippen LogP contribution is 2.26. The third kappa shape index (κ3) is 5.87. The molecule has 0 amide bonds. The summed E-state index contributed by atoms with van der Waals surface area (Å²) in [5, 5.41) is 0. The summed E-state index contributed by atoms with van der Waals surface area (Å²) >= 11 is 0. The first-order valence-electron chi connectivity index (χ1n) is 7.88. The van der Waals surface area contributed by atoms with Crippen molar-refractivity contribution in [3.63, 3.8) is 0 Å². The molecule has 0 radical (unpaired) electrons. The van der Waals surface area contributed by atoms with Crippen LogP contribution < -0.4 is 5.73 Å². The van der Waals surface area contributed by atoms with E-state index < -0.39 is 0 Å². The summed E-state index contributed by atoms with van der Waals surface area (Å²) in [6.45, 7) is 6.52. The molecule has 2 N–H and O–H groups in total. The van der Waals surface area contributed by atoms with Crippen molar-refractivity contribution >= 4 is 6.21 Å². The smallest absolute Gasteiger partial charge is 0.0816 e. The lowest BCUT2D eigenvalue weighted by Gasteiger charge is -2.27. The molecule has 3 unspecified atom stereocenters. The second-order valence-electron chi connectivity index (χ2n) is 5.82. The highest BCUT2D eigenvalue weighted by Gasteiger charge is 2.25. The van der Waals surface area contributed by atoms with Crippen LogP contribution in [-0.4, -0.2) is 17.8 Å². The second kappa shape index (κ2) is 8.91. The van der Waals surface area contributed by atoms with Crippen molar-refractivity contribution in [3.8, 4) is 0 Å². The lowest BCUT2D eigenvalue weighted by molar-refractivity contribution is 0.461. The quantitative estimate of drug-likeness (QED) is 0.600. The van der Waals surface area contributed by atoms with Gasteiger partial charge in [0, 0.05) is 18.2 Å². The van der Waals surface area contributed by atoms with Crippen LogP contribution in [0.15, 0.2) is 41.4 Å². The summed E-state index contributed by atoms with van der Waals surface area (Å²) in [6.07, 6.45) is 20.9. The summed E-state index contributed by atoms with van der Waals surface area (Å²) in [6, 6.07) is 0.0562. The van der Waals surface area contributed by atoms with Crippen LogP contribution in [-0.2, 0) is 0 Å². The van der Waals surface area contributed by atoms with Crippen LogP contribution in [0.2, 0.25) is 0 Å². The Balaban J connectivity index is 2.89. The van der Waals surface area contributed by atoms with E-state index in [4.69, 9.17) is 10.7 Å². The minimum atomic E-state index is -0.188. The van der Waals surface area contributed by atoms with Crippen molar-refractivity contribution < 1.29 is 0 Å². The molecule has 3 atom stereocenters. The van der Waals surface area contributed by atoms with Crippen LogP contribution in [0.5, 0.6) is 0 Å². The normalized spacial score (nSPS) is 34.9. The molecule has 0 saturated heterocycles. The fourth-order valence-corrected chi connectivity index (χ4v) is 2.11. The van der Waals surface area contributed by atoms with Crippen LogP contribution in [0.4, 0.5) is 0 Å². The first-order chi connectivity index (χ1) is 9.58. The molecule has 2 heteroatoms. The summed E-state index contributed by atoms with van der Waals surface area (Å²) in [4.78, 5) is 4.79. The maximum absolute atomic E-state index is 5.97. The van der Waals surface area contributed by atoms with E-state index in [0.717, 1.165) is 32.1 Å². The molecule has 20 heavy (non-hydrogen) atoms. The molecular weight excluding hydrogens is 244 g/mol. The molecule has 0 bridgehead atoms. The van der Waals surface area contributed by atoms with Crippen LogP contribution in [0.25, 0.3) is 0 Å². The SMILES string of the molecule is CCC(N)C=NC1(C)/C=C\CC/C=C\CC/C=C\C1C. The van der Waals surface area contributed by atoms with Gasteiger partial charge in [0.1, 0.15) is 0 Å². The minimum absolute atomic E-state index is 0.0562. The van der Waals surface area contributed by atoms with E-state index in [-0.39, 0.29) is 11.6 Å². The topological polar surface area (TPSA) is 38.4 Å². The van der Waals surface area contributed by atoms with Gasteiger partial charge in [0.15, 0.2) is 0 Å². The van der Waals surface area contributed by atoms with Crippen LogP contribution in [0.1, 0.15) is 52.9 Å². The maximum atomic E-state index is 5.97. The Morgan fingerprint density at radius 2 is 1.80 bits per heavy atom. The minimum Gasteiger partial charge on any atom is -0.323 e. The van der Waals surface area contributed by atoms with Gasteiger partial charge in [-0.3, -0.25) is 4.99 Å². The molecular formula is C18H30N2. The molecule has 2 nitrogen and oxygen atoms in total. The van der Waals surface area contributed by atoms with Gasteiger partial charge in [-0.05, 0) is 39.0 Å². The largest absolute Gasteiger partial charge is 0.323 e. The van der Waals surface area contributed by atoms with Gasteiger partial charge < -0.3 is 5.73 Å². The van der Waals surface area contributed by atoms with Crippen molar-refractivity contribution in [1.29, 1.82) is 0 Å². The van der Waals surface area contributed by atoms with Gasteiger partial charge >= 0.3 is 0 Å². The standard InChI is InChI=1S/C18H30N2/c1-4-17(19)15-20-18(3)14-12-10-8-6-5-7-9-11-13-16(18)2/h5-6,11-17H,4,7-10,19H2,1-3H3/b6-5-,13-11-,14-12-,20-15?. The number of rotatable bonds is 3. The van der Waals surface area contributed by atoms with Gasteiger partial charge in [-0.1, -0.05) is 50.3 Å². The van der Waals surface area contributed by atoms with Gasteiger partial charge in [0.2, 0.25) is 0 Å². The Hall–Kier alpha value is -1.15. The monoisotopic (exact) mass is 274 g/mol. The molecule has 0 aromatic heterocycles. The third-order valence-corrected chi connectivity index (χ3v) is 3.98. The number of nitrogens with two attached hydrogens (primary N) is 1. The molecule has 1 aliphatic carbocycles. The molecule has 0 saturated carbocycles. The number of aliphatic imine (C=N–C) groups is 1. The Bertz CT molecular complexity index is 379. The molecule has 1 aliphatic rings. The number of hydrogen-bond donors (Lipinski definition) is 1. The van der Waals surface area contributed by atoms with Crippen molar-refractivity contribution in [1.82, 2.24) is 0 Å². The van der Waals surface area contributed by atoms with E-state index in [1.165, 1.54) is 0 Å². The highest BCUT2D eigenvalue weighted by atomic mass is 14.9. The molecule has 0 fully saturated rings. The molecule has 0 aromatic rings. The van der Waals surface area contributed by atoms with Gasteiger partial charge in [-0.2, -0.15) is 0 Å². The van der Waals surface area contributed by atoms with Crippen molar-refractivity contribution in [3.05, 3.63) is 36.5 Å². The Kier molecular flexibility index (Phi) is 7.53. The van der Waals surface area contributed by atoms with E-state index in [9.17, 15) is 0 Å². The summed E-state index contributed by atoms with van der Waals surface area (Å²) in [5.74, 6) is 0.377. The molecule has 112 valence electrons. The molecule has 0 aliphatic heterocycles. The highest BCUT2D eigenvalue weighted by molar-refractivity contribution is 5.64. The van der Waals surface area contributed by atoms with E-state index in [0.29, 0.717) is 5.92 Å². The third-order valence-electron chi connectivity index (χ3n) is 3.98. The number of allylic oxidation sites excluding steroid dienone is 4. The van der Waals surface area contributed by atoms with Crippen molar-refractivity contribution in [2.24, 2.45) is 16.6 Å². The van der Waals surface area contributed by atoms with Crippen LogP contribution in [0.3, 0.4) is 0 Å².